The Bertz CT molecular complexity index is 843. The lowest BCUT2D eigenvalue weighted by atomic mass is 10.1. The molecule has 1 aromatic heterocycles. The van der Waals surface area contributed by atoms with Gasteiger partial charge in [-0.2, -0.15) is 0 Å². The van der Waals surface area contributed by atoms with Crippen LogP contribution in [0.25, 0.3) is 0 Å². The highest BCUT2D eigenvalue weighted by Gasteiger charge is 2.19. The Kier molecular flexibility index (Phi) is 6.76. The molecule has 0 aliphatic heterocycles. The van der Waals surface area contributed by atoms with Crippen LogP contribution in [-0.4, -0.2) is 40.1 Å². The van der Waals surface area contributed by atoms with Crippen molar-refractivity contribution in [3.05, 3.63) is 51.0 Å². The second-order valence-corrected chi connectivity index (χ2v) is 6.15. The van der Waals surface area contributed by atoms with Crippen molar-refractivity contribution < 1.29 is 19.4 Å². The van der Waals surface area contributed by atoms with Gasteiger partial charge < -0.3 is 15.2 Å². The van der Waals surface area contributed by atoms with Gasteiger partial charge in [-0.1, -0.05) is 29.3 Å². The zero-order valence-corrected chi connectivity index (χ0v) is 15.7. The van der Waals surface area contributed by atoms with Gasteiger partial charge in [-0.3, -0.25) is 9.59 Å². The van der Waals surface area contributed by atoms with E-state index in [-0.39, 0.29) is 36.7 Å². The van der Waals surface area contributed by atoms with Crippen LogP contribution in [0, 0.1) is 6.92 Å². The number of hydrogen-bond donors (Lipinski definition) is 2. The average Bonchev–Trinajstić information content (AvgIpc) is 2.59. The van der Waals surface area contributed by atoms with Crippen molar-refractivity contribution in [3.63, 3.8) is 0 Å². The highest BCUT2D eigenvalue weighted by Crippen LogP contribution is 2.24. The van der Waals surface area contributed by atoms with E-state index in [0.717, 1.165) is 5.56 Å². The molecule has 0 saturated carbocycles. The molecule has 0 saturated heterocycles. The van der Waals surface area contributed by atoms with Crippen molar-refractivity contribution in [1.29, 1.82) is 0 Å². The fourth-order valence-electron chi connectivity index (χ4n) is 2.14. The van der Waals surface area contributed by atoms with E-state index in [2.05, 4.69) is 15.3 Å². The molecule has 1 amide bonds. The van der Waals surface area contributed by atoms with Crippen molar-refractivity contribution in [2.45, 2.75) is 20.3 Å². The number of aromatic nitrogens is 2. The summed E-state index contributed by atoms with van der Waals surface area (Å²) in [4.78, 5) is 31.8. The van der Waals surface area contributed by atoms with Crippen LogP contribution in [0.3, 0.4) is 0 Å². The van der Waals surface area contributed by atoms with Gasteiger partial charge in [0.2, 0.25) is 0 Å². The smallest absolute Gasteiger partial charge is 0.325 e. The Balaban J connectivity index is 2.21. The Labute approximate surface area is 160 Å². The standard InChI is InChI=1S/C17H17Cl2N3O4/c1-3-26-14(23)8-20-17(25)15-16(24)9(2)21-13(22-15)7-10-4-5-11(18)12(19)6-10/h4-6,24H,3,7-8H2,1-2H3,(H,20,25). The fourth-order valence-corrected chi connectivity index (χ4v) is 2.46. The van der Waals surface area contributed by atoms with Gasteiger partial charge in [0.25, 0.3) is 5.91 Å². The van der Waals surface area contributed by atoms with Gasteiger partial charge in [-0.15, -0.1) is 0 Å². The number of nitrogens with zero attached hydrogens (tertiary/aromatic N) is 2. The van der Waals surface area contributed by atoms with Gasteiger partial charge in [0.15, 0.2) is 11.4 Å². The van der Waals surface area contributed by atoms with Crippen molar-refractivity contribution in [3.8, 4) is 5.75 Å². The maximum absolute atomic E-state index is 12.2. The Hall–Kier alpha value is -2.38. The molecule has 2 aromatic rings. The van der Waals surface area contributed by atoms with Crippen molar-refractivity contribution >= 4 is 35.1 Å². The van der Waals surface area contributed by atoms with Crippen LogP contribution in [0.1, 0.15) is 34.5 Å². The average molecular weight is 398 g/mol. The first-order valence-corrected chi connectivity index (χ1v) is 8.51. The number of carbonyl (C=O) groups excluding carboxylic acids is 2. The Morgan fingerprint density at radius 1 is 1.23 bits per heavy atom. The minimum Gasteiger partial charge on any atom is -0.504 e. The van der Waals surface area contributed by atoms with Crippen LogP contribution in [0.5, 0.6) is 5.75 Å². The van der Waals surface area contributed by atoms with E-state index in [4.69, 9.17) is 27.9 Å². The predicted octanol–water partition coefficient (Wildman–Crippen LogP) is 2.68. The minimum atomic E-state index is -0.698. The SMILES string of the molecule is CCOC(=O)CNC(=O)c1nc(Cc2ccc(Cl)c(Cl)c2)nc(C)c1O. The van der Waals surface area contributed by atoms with Crippen LogP contribution in [-0.2, 0) is 16.0 Å². The number of nitrogens with one attached hydrogen (secondary N) is 1. The molecule has 7 nitrogen and oxygen atoms in total. The number of halogens is 2. The summed E-state index contributed by atoms with van der Waals surface area (Å²) in [5.74, 6) is -1.30. The molecule has 0 spiro atoms. The molecule has 0 unspecified atom stereocenters. The zero-order chi connectivity index (χ0) is 19.3. The number of rotatable bonds is 6. The molecule has 138 valence electrons. The number of carbonyl (C=O) groups is 2. The topological polar surface area (TPSA) is 101 Å². The van der Waals surface area contributed by atoms with Crippen LogP contribution in [0.2, 0.25) is 10.0 Å². The van der Waals surface area contributed by atoms with Gasteiger partial charge in [0.1, 0.15) is 12.4 Å². The number of aromatic hydroxyl groups is 1. The molecule has 0 fully saturated rings. The molecule has 0 aliphatic rings. The normalized spacial score (nSPS) is 10.5. The van der Waals surface area contributed by atoms with E-state index in [1.165, 1.54) is 0 Å². The van der Waals surface area contributed by atoms with Crippen LogP contribution in [0.4, 0.5) is 0 Å². The van der Waals surface area contributed by atoms with E-state index >= 15 is 0 Å². The molecule has 2 N–H and O–H groups in total. The largest absolute Gasteiger partial charge is 0.504 e. The molecule has 1 heterocycles. The summed E-state index contributed by atoms with van der Waals surface area (Å²) < 4.78 is 4.73. The molecular weight excluding hydrogens is 381 g/mol. The van der Waals surface area contributed by atoms with E-state index in [1.54, 1.807) is 32.0 Å². The number of ether oxygens (including phenoxy) is 1. The Morgan fingerprint density at radius 3 is 2.62 bits per heavy atom. The predicted molar refractivity (Wildman–Crippen MR) is 96.7 cm³/mol. The number of benzene rings is 1. The molecule has 0 atom stereocenters. The van der Waals surface area contributed by atoms with Gasteiger partial charge in [-0.25, -0.2) is 9.97 Å². The van der Waals surface area contributed by atoms with Gasteiger partial charge >= 0.3 is 5.97 Å². The third kappa shape index (κ3) is 5.06. The summed E-state index contributed by atoms with van der Waals surface area (Å²) in [6.45, 7) is 3.10. The molecule has 9 heteroatoms. The van der Waals surface area contributed by atoms with Crippen molar-refractivity contribution in [2.24, 2.45) is 0 Å². The lowest BCUT2D eigenvalue weighted by Gasteiger charge is -2.10. The Morgan fingerprint density at radius 2 is 1.96 bits per heavy atom. The third-order valence-corrected chi connectivity index (χ3v) is 4.10. The summed E-state index contributed by atoms with van der Waals surface area (Å²) >= 11 is 11.9. The van der Waals surface area contributed by atoms with Gasteiger partial charge in [-0.05, 0) is 31.5 Å². The third-order valence-electron chi connectivity index (χ3n) is 3.36. The van der Waals surface area contributed by atoms with Gasteiger partial charge in [0, 0.05) is 6.42 Å². The maximum Gasteiger partial charge on any atom is 0.325 e. The minimum absolute atomic E-state index is 0.209. The quantitative estimate of drug-likeness (QED) is 0.726. The summed E-state index contributed by atoms with van der Waals surface area (Å²) in [6, 6.07) is 5.09. The summed E-state index contributed by atoms with van der Waals surface area (Å²) in [5, 5.41) is 13.2. The molecule has 0 aliphatic carbocycles. The molecule has 2 rings (SSSR count). The summed E-state index contributed by atoms with van der Waals surface area (Å²) in [7, 11) is 0. The van der Waals surface area contributed by atoms with Crippen LogP contribution < -0.4 is 5.32 Å². The van der Waals surface area contributed by atoms with Crippen LogP contribution >= 0.6 is 23.2 Å². The highest BCUT2D eigenvalue weighted by molar-refractivity contribution is 6.42. The monoisotopic (exact) mass is 397 g/mol. The van der Waals surface area contributed by atoms with Crippen LogP contribution in [0.15, 0.2) is 18.2 Å². The molecule has 0 radical (unpaired) electrons. The summed E-state index contributed by atoms with van der Waals surface area (Å²) in [6.07, 6.45) is 0.288. The first-order valence-electron chi connectivity index (χ1n) is 7.76. The number of aryl methyl sites for hydroxylation is 1. The maximum atomic E-state index is 12.2. The molecule has 26 heavy (non-hydrogen) atoms. The highest BCUT2D eigenvalue weighted by atomic mass is 35.5. The van der Waals surface area contributed by atoms with E-state index < -0.39 is 11.9 Å². The second-order valence-electron chi connectivity index (χ2n) is 5.34. The molecule has 0 bridgehead atoms. The van der Waals surface area contributed by atoms with E-state index in [9.17, 15) is 14.7 Å². The molecular formula is C17H17Cl2N3O4. The first kappa shape index (κ1) is 19.9. The zero-order valence-electron chi connectivity index (χ0n) is 14.2. The van der Waals surface area contributed by atoms with Crippen molar-refractivity contribution in [2.75, 3.05) is 13.2 Å². The summed E-state index contributed by atoms with van der Waals surface area (Å²) in [5.41, 5.74) is 0.829. The number of amides is 1. The lowest BCUT2D eigenvalue weighted by molar-refractivity contribution is -0.141. The fraction of sp³-hybridized carbons (Fsp3) is 0.294. The first-order chi connectivity index (χ1) is 12.3. The molecule has 1 aromatic carbocycles. The van der Waals surface area contributed by atoms with Gasteiger partial charge in [0.05, 0.1) is 22.3 Å². The number of esters is 1. The number of hydrogen-bond acceptors (Lipinski definition) is 6. The van der Waals surface area contributed by atoms with E-state index in [0.29, 0.717) is 15.9 Å². The lowest BCUT2D eigenvalue weighted by Crippen LogP contribution is -2.31. The second kappa shape index (κ2) is 8.82. The van der Waals surface area contributed by atoms with E-state index in [1.807, 2.05) is 0 Å². The van der Waals surface area contributed by atoms with Crippen molar-refractivity contribution in [1.82, 2.24) is 15.3 Å².